The Morgan fingerprint density at radius 3 is 2.43 bits per heavy atom. The Balaban J connectivity index is 0.00000192. The smallest absolute Gasteiger partial charge is 0.225 e. The summed E-state index contributed by atoms with van der Waals surface area (Å²) < 4.78 is 5.84. The van der Waals surface area contributed by atoms with Gasteiger partial charge in [-0.3, -0.25) is 4.79 Å². The van der Waals surface area contributed by atoms with Crippen molar-refractivity contribution in [2.24, 2.45) is 17.6 Å². The number of halogens is 1. The van der Waals surface area contributed by atoms with Crippen LogP contribution in [-0.4, -0.2) is 36.5 Å². The number of rotatable bonds is 4. The Morgan fingerprint density at radius 1 is 1.13 bits per heavy atom. The minimum Gasteiger partial charge on any atom is -0.493 e. The molecule has 0 aromatic heterocycles. The summed E-state index contributed by atoms with van der Waals surface area (Å²) in [5.74, 6) is 1.98. The van der Waals surface area contributed by atoms with E-state index in [9.17, 15) is 4.79 Å². The van der Waals surface area contributed by atoms with Crippen LogP contribution in [0.25, 0.3) is 0 Å². The monoisotopic (exact) mass is 338 g/mol. The maximum Gasteiger partial charge on any atom is 0.225 e. The highest BCUT2D eigenvalue weighted by atomic mass is 35.5. The summed E-state index contributed by atoms with van der Waals surface area (Å²) in [6.07, 6.45) is 4.92. The summed E-state index contributed by atoms with van der Waals surface area (Å²) >= 11 is 0. The van der Waals surface area contributed by atoms with Crippen LogP contribution in [0.1, 0.15) is 32.1 Å². The Morgan fingerprint density at radius 2 is 1.83 bits per heavy atom. The molecule has 2 atom stereocenters. The number of likely N-dealkylation sites (tertiary alicyclic amines) is 1. The van der Waals surface area contributed by atoms with E-state index in [0.717, 1.165) is 57.6 Å². The van der Waals surface area contributed by atoms with E-state index >= 15 is 0 Å². The number of nitrogens with zero attached hydrogens (tertiary/aromatic N) is 1. The molecule has 0 spiro atoms. The van der Waals surface area contributed by atoms with Crippen LogP contribution in [0.2, 0.25) is 0 Å². The Labute approximate surface area is 144 Å². The van der Waals surface area contributed by atoms with Crippen LogP contribution in [0, 0.1) is 11.8 Å². The molecule has 4 nitrogen and oxygen atoms in total. The van der Waals surface area contributed by atoms with Crippen molar-refractivity contribution in [1.29, 1.82) is 0 Å². The van der Waals surface area contributed by atoms with E-state index in [1.807, 2.05) is 35.2 Å². The van der Waals surface area contributed by atoms with E-state index in [-0.39, 0.29) is 24.4 Å². The molecule has 2 fully saturated rings. The number of carbonyl (C=O) groups is 1. The molecule has 1 aliphatic carbocycles. The van der Waals surface area contributed by atoms with Crippen molar-refractivity contribution >= 4 is 18.3 Å². The number of carbonyl (C=O) groups excluding carboxylic acids is 1. The quantitative estimate of drug-likeness (QED) is 0.918. The summed E-state index contributed by atoms with van der Waals surface area (Å²) in [5.41, 5.74) is 5.92. The van der Waals surface area contributed by atoms with E-state index < -0.39 is 0 Å². The van der Waals surface area contributed by atoms with E-state index in [1.54, 1.807) is 0 Å². The zero-order valence-electron chi connectivity index (χ0n) is 13.5. The van der Waals surface area contributed by atoms with E-state index in [1.165, 1.54) is 0 Å². The molecule has 0 radical (unpaired) electrons. The number of para-hydroxylation sites is 1. The van der Waals surface area contributed by atoms with Gasteiger partial charge in [-0.25, -0.2) is 0 Å². The first-order valence-electron chi connectivity index (χ1n) is 8.44. The Bertz CT molecular complexity index is 489. The molecule has 1 saturated carbocycles. The molecule has 23 heavy (non-hydrogen) atoms. The summed E-state index contributed by atoms with van der Waals surface area (Å²) in [5, 5.41) is 0. The first-order chi connectivity index (χ1) is 10.7. The van der Waals surface area contributed by atoms with Gasteiger partial charge < -0.3 is 15.4 Å². The molecule has 1 amide bonds. The average Bonchev–Trinajstić information content (AvgIpc) is 3.00. The maximum atomic E-state index is 12.5. The van der Waals surface area contributed by atoms with Gasteiger partial charge in [0.1, 0.15) is 5.75 Å². The molecule has 1 aromatic rings. The van der Waals surface area contributed by atoms with Gasteiger partial charge in [0.05, 0.1) is 6.61 Å². The summed E-state index contributed by atoms with van der Waals surface area (Å²) in [6, 6.07) is 10.2. The minimum atomic E-state index is 0. The molecule has 128 valence electrons. The lowest BCUT2D eigenvalue weighted by Gasteiger charge is -2.33. The van der Waals surface area contributed by atoms with E-state index in [2.05, 4.69) is 0 Å². The zero-order chi connectivity index (χ0) is 15.4. The Hall–Kier alpha value is -1.26. The van der Waals surface area contributed by atoms with Gasteiger partial charge in [0, 0.05) is 25.0 Å². The van der Waals surface area contributed by atoms with Crippen LogP contribution < -0.4 is 10.5 Å². The van der Waals surface area contributed by atoms with Crippen molar-refractivity contribution in [3.05, 3.63) is 30.3 Å². The zero-order valence-corrected chi connectivity index (χ0v) is 14.3. The number of nitrogens with two attached hydrogens (primary N) is 1. The number of piperidine rings is 1. The van der Waals surface area contributed by atoms with Crippen molar-refractivity contribution in [1.82, 2.24) is 4.90 Å². The fraction of sp³-hybridized carbons (Fsp3) is 0.611. The normalized spacial score (nSPS) is 25.0. The van der Waals surface area contributed by atoms with Crippen molar-refractivity contribution in [3.8, 4) is 5.75 Å². The van der Waals surface area contributed by atoms with Gasteiger partial charge in [-0.05, 0) is 50.2 Å². The number of benzene rings is 1. The first-order valence-corrected chi connectivity index (χ1v) is 8.44. The molecular formula is C18H27ClN2O2. The van der Waals surface area contributed by atoms with Gasteiger partial charge in [-0.1, -0.05) is 18.2 Å². The molecular weight excluding hydrogens is 312 g/mol. The van der Waals surface area contributed by atoms with Crippen LogP contribution in [0.15, 0.2) is 30.3 Å². The fourth-order valence-electron chi connectivity index (χ4n) is 3.55. The molecule has 0 bridgehead atoms. The predicted octanol–water partition coefficient (Wildman–Crippen LogP) is 2.85. The largest absolute Gasteiger partial charge is 0.493 e. The van der Waals surface area contributed by atoms with Crippen LogP contribution >= 0.6 is 12.4 Å². The highest BCUT2D eigenvalue weighted by molar-refractivity contribution is 5.85. The van der Waals surface area contributed by atoms with Crippen molar-refractivity contribution in [2.75, 3.05) is 19.7 Å². The van der Waals surface area contributed by atoms with Gasteiger partial charge in [-0.15, -0.1) is 12.4 Å². The number of ether oxygens (including phenoxy) is 1. The molecule has 2 unspecified atom stereocenters. The van der Waals surface area contributed by atoms with Crippen LogP contribution in [-0.2, 0) is 4.79 Å². The molecule has 1 saturated heterocycles. The molecule has 3 rings (SSSR count). The lowest BCUT2D eigenvalue weighted by atomic mass is 9.96. The van der Waals surface area contributed by atoms with Crippen molar-refractivity contribution in [3.63, 3.8) is 0 Å². The second-order valence-electron chi connectivity index (χ2n) is 6.66. The third-order valence-corrected chi connectivity index (χ3v) is 4.98. The van der Waals surface area contributed by atoms with Crippen LogP contribution in [0.5, 0.6) is 5.75 Å². The van der Waals surface area contributed by atoms with Gasteiger partial charge in [-0.2, -0.15) is 0 Å². The average molecular weight is 339 g/mol. The minimum absolute atomic E-state index is 0. The highest BCUT2D eigenvalue weighted by Gasteiger charge is 2.32. The number of hydrogen-bond donors (Lipinski definition) is 1. The number of hydrogen-bond acceptors (Lipinski definition) is 3. The lowest BCUT2D eigenvalue weighted by Crippen LogP contribution is -2.42. The molecule has 2 aliphatic rings. The van der Waals surface area contributed by atoms with Gasteiger partial charge in [0.25, 0.3) is 0 Å². The number of amides is 1. The summed E-state index contributed by atoms with van der Waals surface area (Å²) in [7, 11) is 0. The lowest BCUT2D eigenvalue weighted by molar-refractivity contribution is -0.136. The van der Waals surface area contributed by atoms with Crippen molar-refractivity contribution < 1.29 is 9.53 Å². The second-order valence-corrected chi connectivity index (χ2v) is 6.66. The summed E-state index contributed by atoms with van der Waals surface area (Å²) in [4.78, 5) is 14.5. The van der Waals surface area contributed by atoms with Gasteiger partial charge >= 0.3 is 0 Å². The highest BCUT2D eigenvalue weighted by Crippen LogP contribution is 2.28. The van der Waals surface area contributed by atoms with Gasteiger partial charge in [0.15, 0.2) is 0 Å². The summed E-state index contributed by atoms with van der Waals surface area (Å²) in [6.45, 7) is 2.49. The topological polar surface area (TPSA) is 55.6 Å². The fourth-order valence-corrected chi connectivity index (χ4v) is 3.55. The van der Waals surface area contributed by atoms with E-state index in [0.29, 0.717) is 11.8 Å². The first kappa shape index (κ1) is 18.1. The van der Waals surface area contributed by atoms with Crippen molar-refractivity contribution in [2.45, 2.75) is 38.1 Å². The predicted molar refractivity (Wildman–Crippen MR) is 93.8 cm³/mol. The van der Waals surface area contributed by atoms with Crippen LogP contribution in [0.4, 0.5) is 0 Å². The van der Waals surface area contributed by atoms with Crippen LogP contribution in [0.3, 0.4) is 0 Å². The Kier molecular flexibility index (Phi) is 6.72. The molecule has 1 heterocycles. The van der Waals surface area contributed by atoms with E-state index in [4.69, 9.17) is 10.5 Å². The maximum absolute atomic E-state index is 12.5. The third kappa shape index (κ3) is 4.85. The third-order valence-electron chi connectivity index (χ3n) is 4.98. The standard InChI is InChI=1S/C18H26N2O2.ClH/c19-16-7-6-15(12-16)18(21)20-10-8-14(9-11-20)13-22-17-4-2-1-3-5-17;/h1-5,14-16H,6-13,19H2;1H. The van der Waals surface area contributed by atoms with Gasteiger partial charge in [0.2, 0.25) is 5.91 Å². The molecule has 5 heteroatoms. The molecule has 1 aliphatic heterocycles. The SMILES string of the molecule is Cl.NC1CCC(C(=O)N2CCC(COc3ccccc3)CC2)C1. The molecule has 1 aromatic carbocycles. The molecule has 2 N–H and O–H groups in total. The second kappa shape index (κ2) is 8.55.